The number of aromatic nitrogens is 4. The van der Waals surface area contributed by atoms with Crippen LogP contribution >= 0.6 is 11.6 Å². The highest BCUT2D eigenvalue weighted by Gasteiger charge is 2.28. The van der Waals surface area contributed by atoms with E-state index in [1.165, 1.54) is 11.1 Å². The molecule has 0 aliphatic carbocycles. The molecule has 9 nitrogen and oxygen atoms in total. The molecule has 0 bridgehead atoms. The molecule has 0 spiro atoms. The van der Waals surface area contributed by atoms with Crippen LogP contribution in [0.25, 0.3) is 0 Å². The second-order valence-electron chi connectivity index (χ2n) is 4.81. The maximum Gasteiger partial charge on any atom is 0.409 e. The van der Waals surface area contributed by atoms with Crippen molar-refractivity contribution in [3.05, 3.63) is 41.2 Å². The summed E-state index contributed by atoms with van der Waals surface area (Å²) >= 11 is 6.25. The monoisotopic (exact) mass is 355 g/mol. The average Bonchev–Trinajstić information content (AvgIpc) is 3.07. The van der Waals surface area contributed by atoms with Crippen molar-refractivity contribution in [3.63, 3.8) is 0 Å². The van der Waals surface area contributed by atoms with Crippen LogP contribution in [0.4, 0.5) is 4.79 Å². The summed E-state index contributed by atoms with van der Waals surface area (Å²) in [6, 6.07) is 6.39. The van der Waals surface area contributed by atoms with Gasteiger partial charge in [0.05, 0.1) is 25.8 Å². The predicted octanol–water partition coefficient (Wildman–Crippen LogP) is 1.67. The zero-order chi connectivity index (χ0) is 17.4. The standard InChI is InChI=1S/C14H18ClN5O4/c1-23-6-7-24-10-19(14(21)22)13(8-20-17-9-16-18-20)11-4-2-3-5-12(11)15/h2-5,9,13H,6-8,10H2,1H3,(H,21,22)/t13-/m0/s1. The van der Waals surface area contributed by atoms with Crippen LogP contribution in [0.3, 0.4) is 0 Å². The third kappa shape index (κ3) is 4.88. The number of halogens is 1. The van der Waals surface area contributed by atoms with Crippen molar-refractivity contribution < 1.29 is 19.4 Å². The van der Waals surface area contributed by atoms with E-state index in [2.05, 4.69) is 15.4 Å². The molecule has 2 aromatic rings. The third-order valence-electron chi connectivity index (χ3n) is 3.28. The maximum absolute atomic E-state index is 11.7. The highest BCUT2D eigenvalue weighted by atomic mass is 35.5. The summed E-state index contributed by atoms with van der Waals surface area (Å²) in [6.45, 7) is 0.666. The van der Waals surface area contributed by atoms with Crippen molar-refractivity contribution in [2.24, 2.45) is 0 Å². The summed E-state index contributed by atoms with van der Waals surface area (Å²) in [4.78, 5) is 14.2. The maximum atomic E-state index is 11.7. The van der Waals surface area contributed by atoms with Crippen LogP contribution in [0.15, 0.2) is 30.6 Å². The molecule has 1 N–H and O–H groups in total. The van der Waals surface area contributed by atoms with Gasteiger partial charge in [0.2, 0.25) is 0 Å². The summed E-state index contributed by atoms with van der Waals surface area (Å²) in [7, 11) is 1.54. The van der Waals surface area contributed by atoms with Crippen molar-refractivity contribution in [1.29, 1.82) is 0 Å². The predicted molar refractivity (Wildman–Crippen MR) is 84.6 cm³/mol. The SMILES string of the molecule is COCCOCN(C(=O)O)[C@@H](Cn1ncnn1)c1ccccc1Cl. The Morgan fingerprint density at radius 2 is 2.21 bits per heavy atom. The van der Waals surface area contributed by atoms with E-state index in [-0.39, 0.29) is 19.9 Å². The number of hydrogen-bond acceptors (Lipinski definition) is 6. The molecule has 1 heterocycles. The van der Waals surface area contributed by atoms with Gasteiger partial charge in [-0.2, -0.15) is 4.80 Å². The third-order valence-corrected chi connectivity index (χ3v) is 3.62. The number of carboxylic acid groups (broad SMARTS) is 1. The summed E-state index contributed by atoms with van der Waals surface area (Å²) in [5.41, 5.74) is 0.634. The number of benzene rings is 1. The molecule has 0 unspecified atom stereocenters. The largest absolute Gasteiger partial charge is 0.465 e. The molecule has 0 aliphatic rings. The van der Waals surface area contributed by atoms with Gasteiger partial charge in [0.15, 0.2) is 6.33 Å². The molecule has 10 heteroatoms. The van der Waals surface area contributed by atoms with Gasteiger partial charge in [-0.25, -0.2) is 4.79 Å². The minimum atomic E-state index is -1.14. The van der Waals surface area contributed by atoms with E-state index in [0.717, 1.165) is 4.90 Å². The molecule has 1 amide bonds. The van der Waals surface area contributed by atoms with Crippen molar-refractivity contribution in [2.75, 3.05) is 27.1 Å². The molecule has 0 saturated heterocycles. The molecule has 24 heavy (non-hydrogen) atoms. The second kappa shape index (κ2) is 9.16. The first-order valence-corrected chi connectivity index (χ1v) is 7.52. The molecule has 2 rings (SSSR count). The number of rotatable bonds is 9. The molecular formula is C14H18ClN5O4. The van der Waals surface area contributed by atoms with Crippen molar-refractivity contribution in [2.45, 2.75) is 12.6 Å². The Balaban J connectivity index is 2.24. The number of methoxy groups -OCH3 is 1. The Bertz CT molecular complexity index is 640. The average molecular weight is 356 g/mol. The summed E-state index contributed by atoms with van der Waals surface area (Å²) in [6.07, 6.45) is 0.140. The zero-order valence-corrected chi connectivity index (χ0v) is 13.8. The van der Waals surface area contributed by atoms with Gasteiger partial charge in [0, 0.05) is 12.1 Å². The summed E-state index contributed by atoms with van der Waals surface area (Å²) < 4.78 is 10.3. The molecule has 1 aromatic heterocycles. The van der Waals surface area contributed by atoms with Gasteiger partial charge in [0.25, 0.3) is 0 Å². The molecule has 130 valence electrons. The van der Waals surface area contributed by atoms with Crippen molar-refractivity contribution in [1.82, 2.24) is 25.1 Å². The number of ether oxygens (including phenoxy) is 2. The summed E-state index contributed by atoms with van der Waals surface area (Å²) in [5.74, 6) is 0. The zero-order valence-electron chi connectivity index (χ0n) is 13.1. The van der Waals surface area contributed by atoms with Crippen LogP contribution in [0.2, 0.25) is 5.02 Å². The van der Waals surface area contributed by atoms with Gasteiger partial charge in [-0.05, 0) is 16.8 Å². The van der Waals surface area contributed by atoms with Crippen molar-refractivity contribution in [3.8, 4) is 0 Å². The van der Waals surface area contributed by atoms with Crippen LogP contribution in [-0.4, -0.2) is 63.4 Å². The molecule has 0 aliphatic heterocycles. The number of tetrazole rings is 1. The molecular weight excluding hydrogens is 338 g/mol. The smallest absolute Gasteiger partial charge is 0.409 e. The lowest BCUT2D eigenvalue weighted by Crippen LogP contribution is -2.38. The fraction of sp³-hybridized carbons (Fsp3) is 0.429. The fourth-order valence-corrected chi connectivity index (χ4v) is 2.38. The van der Waals surface area contributed by atoms with E-state index in [1.807, 2.05) is 0 Å². The minimum Gasteiger partial charge on any atom is -0.465 e. The number of carbonyl (C=O) groups is 1. The first kappa shape index (κ1) is 18.1. The summed E-state index contributed by atoms with van der Waals surface area (Å²) in [5, 5.41) is 21.4. The first-order valence-electron chi connectivity index (χ1n) is 7.15. The normalized spacial score (nSPS) is 12.1. The van der Waals surface area contributed by atoms with Crippen LogP contribution in [0.5, 0.6) is 0 Å². The highest BCUT2D eigenvalue weighted by Crippen LogP contribution is 2.28. The lowest BCUT2D eigenvalue weighted by Gasteiger charge is -2.29. The van der Waals surface area contributed by atoms with E-state index in [9.17, 15) is 9.90 Å². The first-order chi connectivity index (χ1) is 11.6. The van der Waals surface area contributed by atoms with Gasteiger partial charge >= 0.3 is 6.09 Å². The van der Waals surface area contributed by atoms with Gasteiger partial charge < -0.3 is 14.6 Å². The Labute approximate surface area is 143 Å². The topological polar surface area (TPSA) is 103 Å². The van der Waals surface area contributed by atoms with Crippen LogP contribution < -0.4 is 0 Å². The Hall–Kier alpha value is -2.23. The van der Waals surface area contributed by atoms with Gasteiger partial charge in [-0.1, -0.05) is 29.8 Å². The van der Waals surface area contributed by atoms with Gasteiger partial charge in [-0.15, -0.1) is 10.2 Å². The quantitative estimate of drug-likeness (QED) is 0.539. The Morgan fingerprint density at radius 3 is 2.83 bits per heavy atom. The van der Waals surface area contributed by atoms with E-state index in [0.29, 0.717) is 17.2 Å². The van der Waals surface area contributed by atoms with E-state index >= 15 is 0 Å². The molecule has 0 radical (unpaired) electrons. The minimum absolute atomic E-state index is 0.136. The van der Waals surface area contributed by atoms with Gasteiger partial charge in [-0.3, -0.25) is 4.90 Å². The Kier molecular flexibility index (Phi) is 6.91. The van der Waals surface area contributed by atoms with E-state index in [1.54, 1.807) is 31.4 Å². The fourth-order valence-electron chi connectivity index (χ4n) is 2.12. The lowest BCUT2D eigenvalue weighted by atomic mass is 10.1. The van der Waals surface area contributed by atoms with E-state index < -0.39 is 12.1 Å². The van der Waals surface area contributed by atoms with Gasteiger partial charge in [0.1, 0.15) is 6.73 Å². The number of hydrogen-bond donors (Lipinski definition) is 1. The molecule has 0 saturated carbocycles. The van der Waals surface area contributed by atoms with Crippen LogP contribution in [0, 0.1) is 0 Å². The molecule has 1 atom stereocenters. The number of nitrogens with zero attached hydrogens (tertiary/aromatic N) is 5. The molecule has 1 aromatic carbocycles. The second-order valence-corrected chi connectivity index (χ2v) is 5.22. The van der Waals surface area contributed by atoms with Crippen LogP contribution in [-0.2, 0) is 16.0 Å². The van der Waals surface area contributed by atoms with Crippen molar-refractivity contribution >= 4 is 17.7 Å². The molecule has 0 fully saturated rings. The van der Waals surface area contributed by atoms with Crippen LogP contribution in [0.1, 0.15) is 11.6 Å². The Morgan fingerprint density at radius 1 is 1.42 bits per heavy atom. The lowest BCUT2D eigenvalue weighted by molar-refractivity contribution is -0.0113. The number of amides is 1. The highest BCUT2D eigenvalue weighted by molar-refractivity contribution is 6.31. The van der Waals surface area contributed by atoms with E-state index in [4.69, 9.17) is 21.1 Å².